The fourth-order valence-electron chi connectivity index (χ4n) is 4.39. The number of anilines is 1. The van der Waals surface area contributed by atoms with E-state index in [-0.39, 0.29) is 41.2 Å². The monoisotopic (exact) mass is 455 g/mol. The fourth-order valence-corrected chi connectivity index (χ4v) is 5.69. The van der Waals surface area contributed by atoms with Gasteiger partial charge < -0.3 is 21.1 Å². The second-order valence-electron chi connectivity index (χ2n) is 7.79. The highest BCUT2D eigenvalue weighted by Crippen LogP contribution is 2.47. The summed E-state index contributed by atoms with van der Waals surface area (Å²) in [7, 11) is 0. The van der Waals surface area contributed by atoms with Gasteiger partial charge in [-0.25, -0.2) is 13.2 Å². The number of halogens is 3. The van der Waals surface area contributed by atoms with Gasteiger partial charge in [0.05, 0.1) is 24.9 Å². The minimum atomic E-state index is -2.69. The Labute approximate surface area is 182 Å². The van der Waals surface area contributed by atoms with Crippen molar-refractivity contribution < 1.29 is 22.7 Å². The molecule has 1 aromatic carbocycles. The summed E-state index contributed by atoms with van der Waals surface area (Å²) in [6, 6.07) is 4.32. The highest BCUT2D eigenvalue weighted by atomic mass is 32.2. The lowest BCUT2D eigenvalue weighted by atomic mass is 9.73. The smallest absolute Gasteiger partial charge is 0.278 e. The van der Waals surface area contributed by atoms with Crippen LogP contribution in [0.2, 0.25) is 0 Å². The van der Waals surface area contributed by atoms with Crippen LogP contribution in [0, 0.1) is 11.7 Å². The minimum absolute atomic E-state index is 0.0511. The SMILES string of the molecule is C[C@H]1SC(N)N[C@@]2(c3cc(NC(=O)C4=CN=C(C(F)F)CN4)ccc3F)COCC[C@@H]12. The maximum atomic E-state index is 15.0. The zero-order valence-electron chi connectivity index (χ0n) is 16.8. The first-order valence-corrected chi connectivity index (χ1v) is 10.9. The molecule has 3 heterocycles. The third-order valence-electron chi connectivity index (χ3n) is 5.88. The van der Waals surface area contributed by atoms with Crippen LogP contribution in [0.5, 0.6) is 0 Å². The van der Waals surface area contributed by atoms with Gasteiger partial charge in [0, 0.05) is 23.1 Å². The van der Waals surface area contributed by atoms with Crippen molar-refractivity contribution in [2.75, 3.05) is 25.1 Å². The second-order valence-corrected chi connectivity index (χ2v) is 9.32. The number of aliphatic imine (C=N–C) groups is 1. The van der Waals surface area contributed by atoms with Crippen molar-refractivity contribution in [3.8, 4) is 0 Å². The van der Waals surface area contributed by atoms with Crippen molar-refractivity contribution in [1.29, 1.82) is 0 Å². The molecule has 2 saturated heterocycles. The summed E-state index contributed by atoms with van der Waals surface area (Å²) >= 11 is 1.60. The first-order chi connectivity index (χ1) is 14.8. The first-order valence-electron chi connectivity index (χ1n) is 9.97. The highest BCUT2D eigenvalue weighted by molar-refractivity contribution is 8.00. The first kappa shape index (κ1) is 22.1. The van der Waals surface area contributed by atoms with Gasteiger partial charge in [0.1, 0.15) is 22.7 Å². The Morgan fingerprint density at radius 3 is 2.97 bits per heavy atom. The van der Waals surface area contributed by atoms with Crippen molar-refractivity contribution in [1.82, 2.24) is 10.6 Å². The van der Waals surface area contributed by atoms with E-state index in [1.807, 2.05) is 0 Å². The van der Waals surface area contributed by atoms with Gasteiger partial charge in [-0.3, -0.25) is 15.1 Å². The molecule has 3 aliphatic heterocycles. The molecule has 3 aliphatic rings. The van der Waals surface area contributed by atoms with E-state index in [0.717, 1.165) is 12.6 Å². The number of hydrogen-bond donors (Lipinski definition) is 4. The van der Waals surface area contributed by atoms with Crippen LogP contribution in [-0.2, 0) is 15.1 Å². The zero-order valence-corrected chi connectivity index (χ0v) is 17.6. The van der Waals surface area contributed by atoms with Gasteiger partial charge in [0.15, 0.2) is 0 Å². The number of alkyl halides is 2. The number of nitrogens with one attached hydrogen (secondary N) is 3. The van der Waals surface area contributed by atoms with E-state index in [1.165, 1.54) is 12.1 Å². The molecule has 4 rings (SSSR count). The number of nitrogens with two attached hydrogens (primary N) is 1. The van der Waals surface area contributed by atoms with E-state index in [4.69, 9.17) is 10.5 Å². The van der Waals surface area contributed by atoms with Crippen LogP contribution in [0.1, 0.15) is 18.9 Å². The Hall–Kier alpha value is -2.08. The number of carbonyl (C=O) groups is 1. The van der Waals surface area contributed by atoms with Crippen LogP contribution >= 0.6 is 11.8 Å². The summed E-state index contributed by atoms with van der Waals surface area (Å²) < 4.78 is 46.1. The van der Waals surface area contributed by atoms with Crippen molar-refractivity contribution >= 4 is 29.1 Å². The Balaban J connectivity index is 1.61. The molecule has 5 N–H and O–H groups in total. The van der Waals surface area contributed by atoms with Crippen molar-refractivity contribution in [3.63, 3.8) is 0 Å². The number of hydrogen-bond acceptors (Lipinski definition) is 7. The second kappa shape index (κ2) is 8.81. The van der Waals surface area contributed by atoms with Crippen molar-refractivity contribution in [3.05, 3.63) is 41.5 Å². The molecule has 1 amide bonds. The average molecular weight is 456 g/mol. The number of benzene rings is 1. The van der Waals surface area contributed by atoms with E-state index in [0.29, 0.717) is 17.9 Å². The summed E-state index contributed by atoms with van der Waals surface area (Å²) in [6.07, 6.45) is -0.867. The molecule has 31 heavy (non-hydrogen) atoms. The summed E-state index contributed by atoms with van der Waals surface area (Å²) in [5.41, 5.74) is 5.43. The van der Waals surface area contributed by atoms with Crippen molar-refractivity contribution in [2.24, 2.45) is 16.6 Å². The third-order valence-corrected chi connectivity index (χ3v) is 7.05. The average Bonchev–Trinajstić information content (AvgIpc) is 2.74. The third kappa shape index (κ3) is 4.32. The maximum absolute atomic E-state index is 15.0. The maximum Gasteiger partial charge on any atom is 0.278 e. The van der Waals surface area contributed by atoms with Gasteiger partial charge in [-0.05, 0) is 30.5 Å². The molecular weight excluding hydrogens is 431 g/mol. The summed E-state index contributed by atoms with van der Waals surface area (Å²) in [4.78, 5) is 16.2. The van der Waals surface area contributed by atoms with Gasteiger partial charge in [0.2, 0.25) is 0 Å². The number of amides is 1. The van der Waals surface area contributed by atoms with Crippen LogP contribution in [0.4, 0.5) is 18.9 Å². The molecule has 168 valence electrons. The molecular formula is C20H24F3N5O2S. The number of rotatable bonds is 4. The number of thioether (sulfide) groups is 1. The summed E-state index contributed by atoms with van der Waals surface area (Å²) in [5, 5.41) is 8.83. The lowest BCUT2D eigenvalue weighted by molar-refractivity contribution is -0.113. The molecule has 0 bridgehead atoms. The van der Waals surface area contributed by atoms with E-state index < -0.39 is 23.7 Å². The summed E-state index contributed by atoms with van der Waals surface area (Å²) in [6.45, 7) is 2.72. The zero-order chi connectivity index (χ0) is 22.2. The highest BCUT2D eigenvalue weighted by Gasteiger charge is 2.51. The van der Waals surface area contributed by atoms with Gasteiger partial charge in [-0.15, -0.1) is 11.8 Å². The molecule has 0 saturated carbocycles. The lowest BCUT2D eigenvalue weighted by Gasteiger charge is -2.52. The normalized spacial score (nSPS) is 30.7. The van der Waals surface area contributed by atoms with Gasteiger partial charge in [-0.2, -0.15) is 0 Å². The van der Waals surface area contributed by atoms with E-state index in [1.54, 1.807) is 17.8 Å². The molecule has 4 atom stereocenters. The molecule has 1 aromatic rings. The standard InChI is InChI=1S/C20H24F3N5O2S/c1-10-12-4-5-30-9-20(12,28-19(24)31-10)13-6-11(2-3-14(13)21)27-18(29)16-8-25-15(7-26-16)17(22)23/h2-3,6,8,10,12,17,19,26,28H,4-5,7,9,24H2,1H3,(H,27,29)/t10-,12+,19?,20+/m1/s1. The van der Waals surface area contributed by atoms with E-state index in [2.05, 4.69) is 27.9 Å². The Kier molecular flexibility index (Phi) is 6.29. The topological polar surface area (TPSA) is 101 Å². The largest absolute Gasteiger partial charge is 0.379 e. The Morgan fingerprint density at radius 1 is 1.45 bits per heavy atom. The molecule has 7 nitrogen and oxygen atoms in total. The van der Waals surface area contributed by atoms with Gasteiger partial charge in [0.25, 0.3) is 12.3 Å². The molecule has 0 radical (unpaired) electrons. The van der Waals surface area contributed by atoms with Crippen LogP contribution in [-0.4, -0.2) is 48.6 Å². The van der Waals surface area contributed by atoms with Gasteiger partial charge >= 0.3 is 0 Å². The summed E-state index contributed by atoms with van der Waals surface area (Å²) in [5.74, 6) is -0.884. The predicted molar refractivity (Wildman–Crippen MR) is 113 cm³/mol. The molecule has 0 spiro atoms. The lowest BCUT2D eigenvalue weighted by Crippen LogP contribution is -2.65. The minimum Gasteiger partial charge on any atom is -0.379 e. The molecule has 2 fully saturated rings. The van der Waals surface area contributed by atoms with Crippen molar-refractivity contribution in [2.45, 2.75) is 36.1 Å². The Morgan fingerprint density at radius 2 is 2.26 bits per heavy atom. The molecule has 11 heteroatoms. The predicted octanol–water partition coefficient (Wildman–Crippen LogP) is 2.11. The van der Waals surface area contributed by atoms with Crippen LogP contribution in [0.15, 0.2) is 35.1 Å². The number of nitrogens with zero attached hydrogens (tertiary/aromatic N) is 1. The fraction of sp³-hybridized carbons (Fsp3) is 0.500. The Bertz CT molecular complexity index is 928. The van der Waals surface area contributed by atoms with Crippen LogP contribution in [0.25, 0.3) is 0 Å². The van der Waals surface area contributed by atoms with Gasteiger partial charge in [-0.1, -0.05) is 6.92 Å². The quantitative estimate of drug-likeness (QED) is 0.555. The number of fused-ring (bicyclic) bond motifs is 1. The molecule has 0 aromatic heterocycles. The molecule has 0 aliphatic carbocycles. The van der Waals surface area contributed by atoms with E-state index in [9.17, 15) is 13.6 Å². The number of ether oxygens (including phenoxy) is 1. The number of carbonyl (C=O) groups excluding carboxylic acids is 1. The van der Waals surface area contributed by atoms with Crippen LogP contribution < -0.4 is 21.7 Å². The van der Waals surface area contributed by atoms with Crippen LogP contribution in [0.3, 0.4) is 0 Å². The molecule has 1 unspecified atom stereocenters. The van der Waals surface area contributed by atoms with E-state index >= 15 is 4.39 Å².